The van der Waals surface area contributed by atoms with E-state index < -0.39 is 5.60 Å². The lowest BCUT2D eigenvalue weighted by Gasteiger charge is -2.48. The molecule has 0 aromatic heterocycles. The van der Waals surface area contributed by atoms with Crippen LogP contribution in [0.15, 0.2) is 11.3 Å². The highest BCUT2D eigenvalue weighted by Gasteiger charge is 2.42. The van der Waals surface area contributed by atoms with Gasteiger partial charge in [-0.3, -0.25) is 4.79 Å². The average molecular weight is 350 g/mol. The van der Waals surface area contributed by atoms with Crippen LogP contribution in [-0.4, -0.2) is 65.7 Å². The van der Waals surface area contributed by atoms with Crippen molar-refractivity contribution < 1.29 is 19.1 Å². The Morgan fingerprint density at radius 1 is 1.16 bits per heavy atom. The number of hydrogen-bond donors (Lipinski definition) is 0. The first kappa shape index (κ1) is 18.2. The number of Topliss-reactive ketones (excluding diaryl/α,β-unsaturated/α-hetero) is 1. The summed E-state index contributed by atoms with van der Waals surface area (Å²) >= 11 is 0. The average Bonchev–Trinajstić information content (AvgIpc) is 2.86. The van der Waals surface area contributed by atoms with E-state index >= 15 is 0 Å². The second-order valence-electron chi connectivity index (χ2n) is 8.42. The minimum absolute atomic E-state index is 0.213. The van der Waals surface area contributed by atoms with Crippen molar-refractivity contribution in [1.29, 1.82) is 0 Å². The van der Waals surface area contributed by atoms with Crippen molar-refractivity contribution in [2.75, 3.05) is 32.8 Å². The first-order valence-corrected chi connectivity index (χ1v) is 9.29. The van der Waals surface area contributed by atoms with E-state index in [1.165, 1.54) is 5.70 Å². The van der Waals surface area contributed by atoms with Crippen molar-refractivity contribution in [1.82, 2.24) is 9.80 Å². The van der Waals surface area contributed by atoms with E-state index in [1.54, 1.807) is 4.90 Å². The van der Waals surface area contributed by atoms with Crippen molar-refractivity contribution in [3.05, 3.63) is 11.3 Å². The van der Waals surface area contributed by atoms with Crippen LogP contribution >= 0.6 is 0 Å². The molecule has 6 nitrogen and oxygen atoms in total. The van der Waals surface area contributed by atoms with Crippen LogP contribution in [0.25, 0.3) is 0 Å². The number of allylic oxidation sites excluding steroid dienone is 2. The number of morpholine rings is 1. The largest absolute Gasteiger partial charge is 0.444 e. The Balaban J connectivity index is 1.61. The molecule has 140 valence electrons. The molecule has 1 amide bonds. The summed E-state index contributed by atoms with van der Waals surface area (Å²) < 4.78 is 11.6. The van der Waals surface area contributed by atoms with Crippen molar-refractivity contribution in [3.63, 3.8) is 0 Å². The molecule has 0 aromatic rings. The molecule has 0 unspecified atom stereocenters. The fourth-order valence-corrected chi connectivity index (χ4v) is 3.96. The van der Waals surface area contributed by atoms with Crippen LogP contribution in [0.1, 0.15) is 53.4 Å². The Morgan fingerprint density at radius 2 is 1.84 bits per heavy atom. The molecule has 25 heavy (non-hydrogen) atoms. The topological polar surface area (TPSA) is 59.1 Å². The number of amides is 1. The van der Waals surface area contributed by atoms with Crippen LogP contribution < -0.4 is 0 Å². The third-order valence-electron chi connectivity index (χ3n) is 5.40. The normalized spacial score (nSPS) is 24.2. The molecule has 0 saturated carbocycles. The lowest BCUT2D eigenvalue weighted by Crippen LogP contribution is -2.57. The van der Waals surface area contributed by atoms with E-state index in [4.69, 9.17) is 9.47 Å². The highest BCUT2D eigenvalue weighted by molar-refractivity contribution is 5.97. The van der Waals surface area contributed by atoms with E-state index in [2.05, 4.69) is 4.90 Å². The van der Waals surface area contributed by atoms with Gasteiger partial charge in [-0.05, 0) is 47.0 Å². The first-order chi connectivity index (χ1) is 11.7. The molecule has 1 aliphatic carbocycles. The van der Waals surface area contributed by atoms with E-state index in [0.717, 1.165) is 37.9 Å². The summed E-state index contributed by atoms with van der Waals surface area (Å²) in [6, 6.07) is 0. The van der Waals surface area contributed by atoms with Crippen molar-refractivity contribution >= 4 is 11.9 Å². The molecule has 1 spiro atoms. The van der Waals surface area contributed by atoms with Crippen molar-refractivity contribution in [3.8, 4) is 0 Å². The summed E-state index contributed by atoms with van der Waals surface area (Å²) in [6.07, 6.45) is 2.87. The predicted octanol–water partition coefficient (Wildman–Crippen LogP) is 2.73. The molecule has 2 saturated heterocycles. The SMILES string of the molecule is CC1=C(N2CCOC3(CCN(C(=O)OC(C)(C)C)CC3)C2)CCC1=O. The molecule has 3 rings (SSSR count). The Hall–Kier alpha value is -1.56. The molecule has 3 aliphatic rings. The molecule has 6 heteroatoms. The summed E-state index contributed by atoms with van der Waals surface area (Å²) in [5.74, 6) is 0.273. The fourth-order valence-electron chi connectivity index (χ4n) is 3.96. The molecule has 0 atom stereocenters. The molecule has 2 fully saturated rings. The number of carbonyl (C=O) groups is 2. The third kappa shape index (κ3) is 4.00. The van der Waals surface area contributed by atoms with Gasteiger partial charge in [0.2, 0.25) is 0 Å². The first-order valence-electron chi connectivity index (χ1n) is 9.29. The summed E-state index contributed by atoms with van der Waals surface area (Å²) in [6.45, 7) is 11.2. The number of nitrogens with zero attached hydrogens (tertiary/aromatic N) is 2. The van der Waals surface area contributed by atoms with Crippen LogP contribution in [0.2, 0.25) is 0 Å². The lowest BCUT2D eigenvalue weighted by molar-refractivity contribution is -0.128. The van der Waals surface area contributed by atoms with Gasteiger partial charge < -0.3 is 19.3 Å². The Kier molecular flexibility index (Phi) is 4.84. The van der Waals surface area contributed by atoms with Crippen LogP contribution in [0.5, 0.6) is 0 Å². The fraction of sp³-hybridized carbons (Fsp3) is 0.789. The minimum atomic E-state index is -0.469. The summed E-state index contributed by atoms with van der Waals surface area (Å²) in [4.78, 5) is 28.2. The maximum absolute atomic E-state index is 12.2. The van der Waals surface area contributed by atoms with Gasteiger partial charge in [-0.15, -0.1) is 0 Å². The molecule has 0 aromatic carbocycles. The summed E-state index contributed by atoms with van der Waals surface area (Å²) in [7, 11) is 0. The van der Waals surface area contributed by atoms with E-state index in [0.29, 0.717) is 26.1 Å². The van der Waals surface area contributed by atoms with E-state index in [-0.39, 0.29) is 17.5 Å². The summed E-state index contributed by atoms with van der Waals surface area (Å²) in [5.41, 5.74) is 1.43. The molecular weight excluding hydrogens is 320 g/mol. The monoisotopic (exact) mass is 350 g/mol. The molecule has 2 heterocycles. The zero-order valence-electron chi connectivity index (χ0n) is 15.9. The Labute approximate surface area is 150 Å². The van der Waals surface area contributed by atoms with Crippen LogP contribution in [0.4, 0.5) is 4.79 Å². The van der Waals surface area contributed by atoms with Gasteiger partial charge in [0, 0.05) is 43.9 Å². The van der Waals surface area contributed by atoms with E-state index in [1.807, 2.05) is 27.7 Å². The van der Waals surface area contributed by atoms with Gasteiger partial charge in [0.25, 0.3) is 0 Å². The Bertz CT molecular complexity index is 583. The highest BCUT2D eigenvalue weighted by atomic mass is 16.6. The number of carbonyl (C=O) groups excluding carboxylic acids is 2. The quantitative estimate of drug-likeness (QED) is 0.728. The second-order valence-corrected chi connectivity index (χ2v) is 8.42. The molecule has 0 bridgehead atoms. The van der Waals surface area contributed by atoms with Gasteiger partial charge in [-0.1, -0.05) is 0 Å². The number of likely N-dealkylation sites (tertiary alicyclic amines) is 1. The zero-order valence-corrected chi connectivity index (χ0v) is 15.9. The van der Waals surface area contributed by atoms with Crippen LogP contribution in [-0.2, 0) is 14.3 Å². The number of hydrogen-bond acceptors (Lipinski definition) is 5. The van der Waals surface area contributed by atoms with Gasteiger partial charge in [0.1, 0.15) is 5.60 Å². The minimum Gasteiger partial charge on any atom is -0.444 e. The maximum atomic E-state index is 12.2. The van der Waals surface area contributed by atoms with Crippen LogP contribution in [0, 0.1) is 0 Å². The van der Waals surface area contributed by atoms with Gasteiger partial charge in [-0.2, -0.15) is 0 Å². The number of piperidine rings is 1. The number of ether oxygens (including phenoxy) is 2. The third-order valence-corrected chi connectivity index (χ3v) is 5.40. The van der Waals surface area contributed by atoms with Crippen LogP contribution in [0.3, 0.4) is 0 Å². The summed E-state index contributed by atoms with van der Waals surface area (Å²) in [5, 5.41) is 0. The van der Waals surface area contributed by atoms with Gasteiger partial charge in [-0.25, -0.2) is 4.79 Å². The number of ketones is 1. The van der Waals surface area contributed by atoms with Gasteiger partial charge in [0.15, 0.2) is 5.78 Å². The highest BCUT2D eigenvalue weighted by Crippen LogP contribution is 2.35. The van der Waals surface area contributed by atoms with Crippen molar-refractivity contribution in [2.24, 2.45) is 0 Å². The maximum Gasteiger partial charge on any atom is 0.410 e. The van der Waals surface area contributed by atoms with Gasteiger partial charge >= 0.3 is 6.09 Å². The molecule has 2 aliphatic heterocycles. The number of rotatable bonds is 1. The zero-order chi connectivity index (χ0) is 18.2. The lowest BCUT2D eigenvalue weighted by atomic mass is 9.89. The second kappa shape index (κ2) is 6.63. The molecule has 0 radical (unpaired) electrons. The van der Waals surface area contributed by atoms with Gasteiger partial charge in [0.05, 0.1) is 12.2 Å². The predicted molar refractivity (Wildman–Crippen MR) is 94.2 cm³/mol. The molecular formula is C19H30N2O4. The molecule has 0 N–H and O–H groups in total. The van der Waals surface area contributed by atoms with Crippen molar-refractivity contribution in [2.45, 2.75) is 64.6 Å². The smallest absolute Gasteiger partial charge is 0.410 e. The van der Waals surface area contributed by atoms with E-state index in [9.17, 15) is 9.59 Å². The standard InChI is InChI=1S/C19H30N2O4/c1-14-15(5-6-16(14)22)21-11-12-24-19(13-21)7-9-20(10-8-19)17(23)25-18(2,3)4/h5-13H2,1-4H3. The Morgan fingerprint density at radius 3 is 2.40 bits per heavy atom.